The van der Waals surface area contributed by atoms with Gasteiger partial charge in [-0.3, -0.25) is 0 Å². The van der Waals surface area contributed by atoms with Crippen LogP contribution in [-0.4, -0.2) is 52.4 Å². The molecule has 3 aromatic rings. The molecule has 3 heterocycles. The summed E-state index contributed by atoms with van der Waals surface area (Å²) in [5.41, 5.74) is 1.39. The minimum Gasteiger partial charge on any atom is -0.497 e. The van der Waals surface area contributed by atoms with Gasteiger partial charge in [-0.15, -0.1) is 0 Å². The predicted octanol–water partition coefficient (Wildman–Crippen LogP) is 3.62. The van der Waals surface area contributed by atoms with Crippen LogP contribution in [0.1, 0.15) is 12.8 Å². The zero-order valence-corrected chi connectivity index (χ0v) is 17.8. The molecular formula is C21H24N6O2S. The summed E-state index contributed by atoms with van der Waals surface area (Å²) in [7, 11) is 1.64. The highest BCUT2D eigenvalue weighted by atomic mass is 32.2. The van der Waals surface area contributed by atoms with E-state index < -0.39 is 0 Å². The third kappa shape index (κ3) is 4.98. The minimum atomic E-state index is 0.435. The SMILES string of the molecule is COc1ccc(Oc2nc(-c3ccnc(SC)n3)ncc2NC[C@@H]2CCCN2)cc1. The molecule has 0 saturated carbocycles. The molecule has 1 fully saturated rings. The van der Waals surface area contributed by atoms with Gasteiger partial charge in [-0.1, -0.05) is 11.8 Å². The second-order valence-electron chi connectivity index (χ2n) is 6.79. The summed E-state index contributed by atoms with van der Waals surface area (Å²) in [4.78, 5) is 17.9. The van der Waals surface area contributed by atoms with E-state index in [0.717, 1.165) is 30.9 Å². The number of hydrogen-bond donors (Lipinski definition) is 2. The van der Waals surface area contributed by atoms with E-state index in [4.69, 9.17) is 9.47 Å². The number of benzene rings is 1. The summed E-state index contributed by atoms with van der Waals surface area (Å²) in [5.74, 6) is 2.37. The molecule has 0 radical (unpaired) electrons. The standard InChI is InChI=1S/C21H24N6O2S/c1-28-15-5-7-16(8-6-15)29-20-18(24-12-14-4-3-10-22-14)13-25-19(27-20)17-9-11-23-21(26-17)30-2/h5-9,11,13-14,22,24H,3-4,10,12H2,1-2H3/t14-/m0/s1. The zero-order valence-electron chi connectivity index (χ0n) is 17.0. The maximum Gasteiger partial charge on any atom is 0.246 e. The predicted molar refractivity (Wildman–Crippen MR) is 117 cm³/mol. The van der Waals surface area contributed by atoms with Gasteiger partial charge in [0.15, 0.2) is 11.0 Å². The first-order valence-electron chi connectivity index (χ1n) is 9.79. The van der Waals surface area contributed by atoms with Crippen molar-refractivity contribution < 1.29 is 9.47 Å². The molecule has 0 amide bonds. The molecule has 8 nitrogen and oxygen atoms in total. The lowest BCUT2D eigenvalue weighted by Crippen LogP contribution is -2.29. The molecule has 4 rings (SSSR count). The van der Waals surface area contributed by atoms with E-state index in [0.29, 0.717) is 34.3 Å². The van der Waals surface area contributed by atoms with Gasteiger partial charge >= 0.3 is 0 Å². The van der Waals surface area contributed by atoms with Gasteiger partial charge in [0.05, 0.1) is 13.3 Å². The topological polar surface area (TPSA) is 94.1 Å². The maximum atomic E-state index is 6.10. The normalized spacial score (nSPS) is 15.7. The highest BCUT2D eigenvalue weighted by Crippen LogP contribution is 2.30. The zero-order chi connectivity index (χ0) is 20.8. The Labute approximate surface area is 179 Å². The molecule has 156 valence electrons. The summed E-state index contributed by atoms with van der Waals surface area (Å²) in [6.07, 6.45) is 7.74. The number of methoxy groups -OCH3 is 1. The number of hydrogen-bond acceptors (Lipinski definition) is 9. The molecule has 1 saturated heterocycles. The van der Waals surface area contributed by atoms with Crippen molar-refractivity contribution in [3.63, 3.8) is 0 Å². The molecule has 1 atom stereocenters. The van der Waals surface area contributed by atoms with Crippen molar-refractivity contribution in [3.05, 3.63) is 42.7 Å². The molecule has 1 aliphatic rings. The van der Waals surface area contributed by atoms with Crippen molar-refractivity contribution in [1.29, 1.82) is 0 Å². The second kappa shape index (κ2) is 9.73. The summed E-state index contributed by atoms with van der Waals surface area (Å²) >= 11 is 1.47. The van der Waals surface area contributed by atoms with Gasteiger partial charge in [-0.2, -0.15) is 4.98 Å². The van der Waals surface area contributed by atoms with Crippen molar-refractivity contribution in [3.8, 4) is 28.9 Å². The molecule has 1 aromatic carbocycles. The fourth-order valence-corrected chi connectivity index (χ4v) is 3.53. The van der Waals surface area contributed by atoms with Crippen LogP contribution in [0.3, 0.4) is 0 Å². The Bertz CT molecular complexity index is 979. The fourth-order valence-electron chi connectivity index (χ4n) is 3.17. The van der Waals surface area contributed by atoms with Gasteiger partial charge in [-0.25, -0.2) is 15.0 Å². The molecule has 2 aromatic heterocycles. The van der Waals surface area contributed by atoms with Crippen LogP contribution in [0.4, 0.5) is 5.69 Å². The second-order valence-corrected chi connectivity index (χ2v) is 7.57. The van der Waals surface area contributed by atoms with E-state index in [9.17, 15) is 0 Å². The van der Waals surface area contributed by atoms with Gasteiger partial charge in [0.25, 0.3) is 0 Å². The van der Waals surface area contributed by atoms with Crippen LogP contribution in [0.25, 0.3) is 11.5 Å². The Morgan fingerprint density at radius 2 is 1.97 bits per heavy atom. The molecule has 0 spiro atoms. The number of ether oxygens (including phenoxy) is 2. The van der Waals surface area contributed by atoms with Crippen LogP contribution in [-0.2, 0) is 0 Å². The summed E-state index contributed by atoms with van der Waals surface area (Å²) < 4.78 is 11.3. The summed E-state index contributed by atoms with van der Waals surface area (Å²) in [5, 5.41) is 7.58. The van der Waals surface area contributed by atoms with E-state index in [2.05, 4.69) is 30.6 Å². The average Bonchev–Trinajstić information content (AvgIpc) is 3.32. The monoisotopic (exact) mass is 424 g/mol. The number of aromatic nitrogens is 4. The lowest BCUT2D eigenvalue weighted by atomic mass is 10.2. The Kier molecular flexibility index (Phi) is 6.60. The lowest BCUT2D eigenvalue weighted by Gasteiger charge is -2.16. The lowest BCUT2D eigenvalue weighted by molar-refractivity contribution is 0.412. The van der Waals surface area contributed by atoms with Crippen molar-refractivity contribution in [2.24, 2.45) is 0 Å². The Morgan fingerprint density at radius 3 is 2.70 bits per heavy atom. The van der Waals surface area contributed by atoms with Crippen molar-refractivity contribution >= 4 is 17.4 Å². The molecular weight excluding hydrogens is 400 g/mol. The van der Waals surface area contributed by atoms with Crippen LogP contribution in [0.15, 0.2) is 47.9 Å². The highest BCUT2D eigenvalue weighted by Gasteiger charge is 2.17. The molecule has 2 N–H and O–H groups in total. The Balaban J connectivity index is 1.62. The van der Waals surface area contributed by atoms with E-state index in [1.807, 2.05) is 30.5 Å². The highest BCUT2D eigenvalue weighted by molar-refractivity contribution is 7.98. The average molecular weight is 425 g/mol. The van der Waals surface area contributed by atoms with Gasteiger partial charge < -0.3 is 20.1 Å². The molecule has 30 heavy (non-hydrogen) atoms. The summed E-state index contributed by atoms with van der Waals surface area (Å²) in [6, 6.07) is 9.62. The van der Waals surface area contributed by atoms with Crippen LogP contribution < -0.4 is 20.1 Å². The number of rotatable bonds is 8. The van der Waals surface area contributed by atoms with Crippen LogP contribution in [0, 0.1) is 0 Å². The van der Waals surface area contributed by atoms with E-state index in [-0.39, 0.29) is 0 Å². The molecule has 1 aliphatic heterocycles. The third-order valence-electron chi connectivity index (χ3n) is 4.77. The number of thioether (sulfide) groups is 1. The number of anilines is 1. The van der Waals surface area contributed by atoms with Crippen molar-refractivity contribution in [1.82, 2.24) is 25.3 Å². The quantitative estimate of drug-likeness (QED) is 0.415. The van der Waals surface area contributed by atoms with Gasteiger partial charge in [0, 0.05) is 18.8 Å². The molecule has 0 unspecified atom stereocenters. The Morgan fingerprint density at radius 1 is 1.13 bits per heavy atom. The maximum absolute atomic E-state index is 6.10. The minimum absolute atomic E-state index is 0.435. The largest absolute Gasteiger partial charge is 0.497 e. The van der Waals surface area contributed by atoms with Crippen LogP contribution >= 0.6 is 11.8 Å². The molecule has 9 heteroatoms. The smallest absolute Gasteiger partial charge is 0.246 e. The van der Waals surface area contributed by atoms with E-state index in [1.165, 1.54) is 18.2 Å². The first-order chi connectivity index (χ1) is 14.7. The van der Waals surface area contributed by atoms with Crippen molar-refractivity contribution in [2.45, 2.75) is 24.0 Å². The van der Waals surface area contributed by atoms with Crippen LogP contribution in [0.5, 0.6) is 17.4 Å². The molecule has 0 bridgehead atoms. The van der Waals surface area contributed by atoms with Gasteiger partial charge in [0.1, 0.15) is 22.9 Å². The first-order valence-corrected chi connectivity index (χ1v) is 11.0. The van der Waals surface area contributed by atoms with Crippen molar-refractivity contribution in [2.75, 3.05) is 31.8 Å². The Hall–Kier alpha value is -2.91. The third-order valence-corrected chi connectivity index (χ3v) is 5.34. The first kappa shape index (κ1) is 20.4. The van der Waals surface area contributed by atoms with Crippen LogP contribution in [0.2, 0.25) is 0 Å². The number of nitrogens with one attached hydrogen (secondary N) is 2. The van der Waals surface area contributed by atoms with E-state index in [1.54, 1.807) is 25.6 Å². The van der Waals surface area contributed by atoms with E-state index >= 15 is 0 Å². The van der Waals surface area contributed by atoms with Gasteiger partial charge in [-0.05, 0) is 56.0 Å². The van der Waals surface area contributed by atoms with Gasteiger partial charge in [0.2, 0.25) is 5.88 Å². The molecule has 0 aliphatic carbocycles. The number of nitrogens with zero attached hydrogens (tertiary/aromatic N) is 4. The fraction of sp³-hybridized carbons (Fsp3) is 0.333. The summed E-state index contributed by atoms with van der Waals surface area (Å²) in [6.45, 7) is 1.84.